The van der Waals surface area contributed by atoms with E-state index in [2.05, 4.69) is 70.7 Å². The molecule has 1 aliphatic rings. The van der Waals surface area contributed by atoms with Gasteiger partial charge in [0.2, 0.25) is 0 Å². The van der Waals surface area contributed by atoms with E-state index in [9.17, 15) is 0 Å². The molecule has 2 rings (SSSR count). The third-order valence-electron chi connectivity index (χ3n) is 5.42. The summed E-state index contributed by atoms with van der Waals surface area (Å²) in [5.74, 6) is 0.914. The van der Waals surface area contributed by atoms with Crippen LogP contribution in [0.2, 0.25) is 0 Å². The Morgan fingerprint density at radius 2 is 1.77 bits per heavy atom. The van der Waals surface area contributed by atoms with Crippen LogP contribution >= 0.6 is 0 Å². The maximum Gasteiger partial charge on any atom is 0.0110 e. The molecule has 0 saturated heterocycles. The third-order valence-corrected chi connectivity index (χ3v) is 5.42. The summed E-state index contributed by atoms with van der Waals surface area (Å²) in [6, 6.07) is 10.8. The third kappa shape index (κ3) is 4.35. The van der Waals surface area contributed by atoms with Gasteiger partial charge in [0, 0.05) is 12.1 Å². The van der Waals surface area contributed by atoms with Gasteiger partial charge in [-0.2, -0.15) is 0 Å². The summed E-state index contributed by atoms with van der Waals surface area (Å²) in [5.41, 5.74) is 3.16. The maximum atomic E-state index is 2.74. The van der Waals surface area contributed by atoms with Gasteiger partial charge in [0.1, 0.15) is 0 Å². The summed E-state index contributed by atoms with van der Waals surface area (Å²) in [6.45, 7) is 15.2. The van der Waals surface area contributed by atoms with Crippen LogP contribution in [-0.4, -0.2) is 23.5 Å². The molecular formula is C21H35N. The largest absolute Gasteiger partial charge is 0.298 e. The summed E-state index contributed by atoms with van der Waals surface area (Å²) < 4.78 is 0. The van der Waals surface area contributed by atoms with Crippen molar-refractivity contribution in [1.29, 1.82) is 0 Å². The predicted octanol–water partition coefficient (Wildman–Crippen LogP) is 5.43. The molecule has 22 heavy (non-hydrogen) atoms. The molecule has 0 amide bonds. The Morgan fingerprint density at radius 3 is 2.23 bits per heavy atom. The number of likely N-dealkylation sites (N-methyl/N-ethyl adjacent to an activating group) is 1. The lowest BCUT2D eigenvalue weighted by atomic mass is 9.86. The van der Waals surface area contributed by atoms with Crippen LogP contribution in [0.4, 0.5) is 0 Å². The predicted molar refractivity (Wildman–Crippen MR) is 97.5 cm³/mol. The summed E-state index contributed by atoms with van der Waals surface area (Å²) in [4.78, 5) is 2.74. The van der Waals surface area contributed by atoms with Gasteiger partial charge in [-0.3, -0.25) is 4.90 Å². The molecule has 0 spiro atoms. The van der Waals surface area contributed by atoms with Crippen LogP contribution in [0, 0.1) is 5.92 Å². The Morgan fingerprint density at radius 1 is 1.14 bits per heavy atom. The molecule has 1 aromatic carbocycles. The molecule has 1 nitrogen and oxygen atoms in total. The molecule has 0 N–H and O–H groups in total. The van der Waals surface area contributed by atoms with Crippen molar-refractivity contribution in [2.75, 3.05) is 6.54 Å². The average molecular weight is 302 g/mol. The van der Waals surface area contributed by atoms with Gasteiger partial charge in [0.15, 0.2) is 0 Å². The zero-order chi connectivity index (χ0) is 16.3. The molecule has 1 unspecified atom stereocenters. The highest BCUT2D eigenvalue weighted by molar-refractivity contribution is 5.28. The van der Waals surface area contributed by atoms with Crippen LogP contribution in [0.1, 0.15) is 71.9 Å². The van der Waals surface area contributed by atoms with Crippen molar-refractivity contribution in [3.63, 3.8) is 0 Å². The van der Waals surface area contributed by atoms with E-state index in [0.717, 1.165) is 12.0 Å². The van der Waals surface area contributed by atoms with E-state index in [0.29, 0.717) is 6.04 Å². The molecule has 0 aromatic heterocycles. The standard InChI is InChI=1S/C21H35N/c1-7-22(20-13-8-16(2)14-20)17(3)15-18-9-11-19(12-10-18)21(4,5)6/h9-12,16-17,20H,7-8,13-15H2,1-6H3/t16-,17?,20-/m0/s1. The highest BCUT2D eigenvalue weighted by Crippen LogP contribution is 2.30. The molecule has 0 aliphatic heterocycles. The first-order valence-corrected chi connectivity index (χ1v) is 9.16. The van der Waals surface area contributed by atoms with Crippen LogP contribution in [0.15, 0.2) is 24.3 Å². The van der Waals surface area contributed by atoms with Crippen molar-refractivity contribution in [2.24, 2.45) is 5.92 Å². The number of benzene rings is 1. The van der Waals surface area contributed by atoms with E-state index in [1.54, 1.807) is 0 Å². The molecule has 124 valence electrons. The van der Waals surface area contributed by atoms with E-state index in [4.69, 9.17) is 0 Å². The minimum Gasteiger partial charge on any atom is -0.298 e. The molecule has 1 heteroatoms. The van der Waals surface area contributed by atoms with Crippen LogP contribution in [-0.2, 0) is 11.8 Å². The van der Waals surface area contributed by atoms with Crippen LogP contribution < -0.4 is 0 Å². The smallest absolute Gasteiger partial charge is 0.0110 e. The lowest BCUT2D eigenvalue weighted by Crippen LogP contribution is -2.41. The Bertz CT molecular complexity index is 454. The average Bonchev–Trinajstić information content (AvgIpc) is 2.85. The molecule has 1 saturated carbocycles. The molecule has 3 atom stereocenters. The number of nitrogens with zero attached hydrogens (tertiary/aromatic N) is 1. The van der Waals surface area contributed by atoms with Crippen molar-refractivity contribution < 1.29 is 0 Å². The molecule has 1 aliphatic carbocycles. The molecule has 1 fully saturated rings. The van der Waals surface area contributed by atoms with E-state index in [-0.39, 0.29) is 5.41 Å². The first-order valence-electron chi connectivity index (χ1n) is 9.16. The maximum absolute atomic E-state index is 2.74. The van der Waals surface area contributed by atoms with Crippen LogP contribution in [0.5, 0.6) is 0 Å². The molecule has 0 heterocycles. The van der Waals surface area contributed by atoms with Crippen molar-refractivity contribution in [1.82, 2.24) is 4.90 Å². The van der Waals surface area contributed by atoms with Crippen molar-refractivity contribution in [2.45, 2.75) is 84.7 Å². The fraction of sp³-hybridized carbons (Fsp3) is 0.714. The van der Waals surface area contributed by atoms with Gasteiger partial charge in [-0.1, -0.05) is 58.9 Å². The quantitative estimate of drug-likeness (QED) is 0.701. The van der Waals surface area contributed by atoms with Crippen LogP contribution in [0.25, 0.3) is 0 Å². The first-order chi connectivity index (χ1) is 10.3. The Labute approximate surface area is 138 Å². The zero-order valence-corrected chi connectivity index (χ0v) is 15.5. The fourth-order valence-electron chi connectivity index (χ4n) is 4.01. The van der Waals surface area contributed by atoms with E-state index < -0.39 is 0 Å². The monoisotopic (exact) mass is 301 g/mol. The second-order valence-electron chi connectivity index (χ2n) is 8.40. The fourth-order valence-corrected chi connectivity index (χ4v) is 4.01. The molecule has 1 aromatic rings. The normalized spacial score (nSPS) is 24.0. The number of rotatable bonds is 5. The highest BCUT2D eigenvalue weighted by atomic mass is 15.2. The minimum atomic E-state index is 0.250. The van der Waals surface area contributed by atoms with E-state index in [1.807, 2.05) is 0 Å². The Balaban J connectivity index is 1.99. The SMILES string of the molecule is CCN(C(C)Cc1ccc(C(C)(C)C)cc1)[C@H]1CC[C@H](C)C1. The molecular weight excluding hydrogens is 266 g/mol. The van der Waals surface area contributed by atoms with Gasteiger partial charge in [-0.25, -0.2) is 0 Å². The molecule has 0 bridgehead atoms. The minimum absolute atomic E-state index is 0.250. The lowest BCUT2D eigenvalue weighted by Gasteiger charge is -2.34. The lowest BCUT2D eigenvalue weighted by molar-refractivity contribution is 0.150. The summed E-state index contributed by atoms with van der Waals surface area (Å²) >= 11 is 0. The van der Waals surface area contributed by atoms with Gasteiger partial charge in [0.25, 0.3) is 0 Å². The van der Waals surface area contributed by atoms with Crippen molar-refractivity contribution in [3.8, 4) is 0 Å². The second-order valence-corrected chi connectivity index (χ2v) is 8.40. The van der Waals surface area contributed by atoms with Gasteiger partial charge >= 0.3 is 0 Å². The Kier molecular flexibility index (Phi) is 5.71. The number of hydrogen-bond donors (Lipinski definition) is 0. The molecule has 0 radical (unpaired) electrons. The highest BCUT2D eigenvalue weighted by Gasteiger charge is 2.28. The van der Waals surface area contributed by atoms with Gasteiger partial charge in [0.05, 0.1) is 0 Å². The van der Waals surface area contributed by atoms with Gasteiger partial charge in [-0.05, 0) is 61.6 Å². The zero-order valence-electron chi connectivity index (χ0n) is 15.5. The van der Waals surface area contributed by atoms with Crippen molar-refractivity contribution >= 4 is 0 Å². The second kappa shape index (κ2) is 7.17. The topological polar surface area (TPSA) is 3.24 Å². The van der Waals surface area contributed by atoms with E-state index >= 15 is 0 Å². The summed E-state index contributed by atoms with van der Waals surface area (Å²) in [7, 11) is 0. The van der Waals surface area contributed by atoms with Gasteiger partial charge in [-0.15, -0.1) is 0 Å². The van der Waals surface area contributed by atoms with E-state index in [1.165, 1.54) is 43.4 Å². The van der Waals surface area contributed by atoms with Crippen molar-refractivity contribution in [3.05, 3.63) is 35.4 Å². The summed E-state index contributed by atoms with van der Waals surface area (Å²) in [6.07, 6.45) is 5.36. The van der Waals surface area contributed by atoms with Crippen LogP contribution in [0.3, 0.4) is 0 Å². The first kappa shape index (κ1) is 17.5. The van der Waals surface area contributed by atoms with Gasteiger partial charge < -0.3 is 0 Å². The summed E-state index contributed by atoms with van der Waals surface area (Å²) in [5, 5.41) is 0. The Hall–Kier alpha value is -0.820. The number of hydrogen-bond acceptors (Lipinski definition) is 1.